The molecular formula is C93H80N4S. The smallest absolute Gasteiger partial charge is 0.164 e. The number of fused-ring (bicyclic) bond motifs is 16. The normalized spacial score (nSPS) is 16.0. The monoisotopic (exact) mass is 1280 g/mol. The summed E-state index contributed by atoms with van der Waals surface area (Å²) in [6.07, 6.45) is 0. The first-order valence-corrected chi connectivity index (χ1v) is 35.6. The number of rotatable bonds is 7. The van der Waals surface area contributed by atoms with Crippen LogP contribution in [0.2, 0.25) is 0 Å². The Bertz CT molecular complexity index is 5500. The molecule has 18 rings (SSSR count). The molecule has 0 N–H and O–H groups in total. The van der Waals surface area contributed by atoms with Crippen LogP contribution in [0.4, 0.5) is 17.1 Å². The second-order valence-corrected chi connectivity index (χ2v) is 31.8. The van der Waals surface area contributed by atoms with Gasteiger partial charge in [-0.15, -0.1) is 11.3 Å². The highest BCUT2D eigenvalue weighted by Gasteiger charge is 2.51. The van der Waals surface area contributed by atoms with Crippen molar-refractivity contribution in [1.82, 2.24) is 15.0 Å². The fourth-order valence-corrected chi connectivity index (χ4v) is 18.1. The lowest BCUT2D eigenvalue weighted by Crippen LogP contribution is -2.44. The highest BCUT2D eigenvalue weighted by molar-refractivity contribution is 7.25. The first-order chi connectivity index (χ1) is 47.1. The molecule has 0 atom stereocenters. The van der Waals surface area contributed by atoms with Crippen LogP contribution in [0.1, 0.15) is 128 Å². The second kappa shape index (κ2) is 22.1. The summed E-state index contributed by atoms with van der Waals surface area (Å²) in [7, 11) is 0. The predicted octanol–water partition coefficient (Wildman–Crippen LogP) is 25.1. The zero-order valence-electron chi connectivity index (χ0n) is 58.1. The largest absolute Gasteiger partial charge is 0.310 e. The molecular weight excluding hydrogens is 1210 g/mol. The minimum Gasteiger partial charge on any atom is -0.310 e. The van der Waals surface area contributed by atoms with Crippen LogP contribution in [0.25, 0.3) is 110 Å². The van der Waals surface area contributed by atoms with E-state index in [1.54, 1.807) is 0 Å². The molecule has 0 saturated heterocycles. The molecule has 5 heteroatoms. The molecule has 478 valence electrons. The molecule has 4 aliphatic rings. The number of hydrogen-bond donors (Lipinski definition) is 0. The van der Waals surface area contributed by atoms with Gasteiger partial charge in [-0.05, 0) is 183 Å². The zero-order valence-corrected chi connectivity index (χ0v) is 58.9. The molecule has 0 amide bonds. The Morgan fingerprint density at radius 1 is 0.255 bits per heavy atom. The van der Waals surface area contributed by atoms with E-state index in [1.165, 1.54) is 132 Å². The molecule has 4 nitrogen and oxygen atoms in total. The van der Waals surface area contributed by atoms with E-state index in [0.29, 0.717) is 17.5 Å². The van der Waals surface area contributed by atoms with Gasteiger partial charge in [0.05, 0.1) is 0 Å². The molecule has 0 saturated carbocycles. The Balaban J connectivity index is 0.000000148. The van der Waals surface area contributed by atoms with Gasteiger partial charge in [-0.2, -0.15) is 0 Å². The standard InChI is InChI=1S/C48H41N3.C45H39NS/c1-46(2)40-27-34(25-26-36(40)37-29-42-38(28-41(37)46)35-19-13-14-20-39(35)47(3,4)48(42,5)6)30-21-23-33(24-22-30)45-50-43(31-15-9-7-10-16-31)49-44(51-45)32-17-11-8-12-18-32;1-43(2)37-24-23-33-31-16-10-12-18-36(31)44(3,4)45(5,6)42(33)41(37)34-22-20-30(27-38(34)43)46(28-14-8-7-9-15-28)29-21-25-40-35(26-29)32-17-11-13-19-39(32)47-40/h7-29H,1-6H3;7-27H,1-6H3. The van der Waals surface area contributed by atoms with Crippen molar-refractivity contribution in [3.63, 3.8) is 0 Å². The number of para-hydroxylation sites is 1. The Hall–Kier alpha value is -10.3. The third-order valence-electron chi connectivity index (χ3n) is 23.9. The van der Waals surface area contributed by atoms with E-state index in [9.17, 15) is 0 Å². The molecule has 0 spiro atoms. The van der Waals surface area contributed by atoms with Crippen molar-refractivity contribution >= 4 is 48.6 Å². The van der Waals surface area contributed by atoms with Gasteiger partial charge in [-0.1, -0.05) is 283 Å². The van der Waals surface area contributed by atoms with Gasteiger partial charge in [0.2, 0.25) is 0 Å². The fourth-order valence-electron chi connectivity index (χ4n) is 17.0. The number of anilines is 3. The minimum atomic E-state index is -0.136. The molecule has 14 aromatic rings. The number of hydrogen-bond acceptors (Lipinski definition) is 5. The summed E-state index contributed by atoms with van der Waals surface area (Å²) >= 11 is 1.87. The van der Waals surface area contributed by atoms with E-state index in [2.05, 4.69) is 294 Å². The lowest BCUT2D eigenvalue weighted by molar-refractivity contribution is 0.299. The van der Waals surface area contributed by atoms with Gasteiger partial charge in [0.1, 0.15) is 0 Å². The molecule has 0 fully saturated rings. The third kappa shape index (κ3) is 9.18. The summed E-state index contributed by atoms with van der Waals surface area (Å²) in [6.45, 7) is 29.0. The summed E-state index contributed by atoms with van der Waals surface area (Å²) in [4.78, 5) is 17.2. The minimum absolute atomic E-state index is 0.00529. The Labute approximate surface area is 581 Å². The van der Waals surface area contributed by atoms with E-state index >= 15 is 0 Å². The molecule has 0 radical (unpaired) electrons. The number of nitrogens with zero attached hydrogens (tertiary/aromatic N) is 4. The summed E-state index contributed by atoms with van der Waals surface area (Å²) in [6, 6.07) is 97.7. The maximum Gasteiger partial charge on any atom is 0.164 e. The number of benzene rings is 12. The molecule has 2 aromatic heterocycles. The molecule has 0 bridgehead atoms. The van der Waals surface area contributed by atoms with Crippen LogP contribution in [-0.4, -0.2) is 15.0 Å². The van der Waals surface area contributed by atoms with Crippen LogP contribution < -0.4 is 4.90 Å². The Morgan fingerprint density at radius 3 is 1.34 bits per heavy atom. The second-order valence-electron chi connectivity index (χ2n) is 30.8. The Morgan fingerprint density at radius 2 is 0.684 bits per heavy atom. The zero-order chi connectivity index (χ0) is 67.4. The predicted molar refractivity (Wildman–Crippen MR) is 414 cm³/mol. The van der Waals surface area contributed by atoms with E-state index in [0.717, 1.165) is 22.4 Å². The van der Waals surface area contributed by atoms with Gasteiger partial charge in [-0.3, -0.25) is 0 Å². The maximum absolute atomic E-state index is 4.93. The molecule has 0 unspecified atom stereocenters. The number of aromatic nitrogens is 3. The van der Waals surface area contributed by atoms with Gasteiger partial charge in [-0.25, -0.2) is 15.0 Å². The molecule has 98 heavy (non-hydrogen) atoms. The van der Waals surface area contributed by atoms with Crippen LogP contribution in [0.15, 0.2) is 267 Å². The first kappa shape index (κ1) is 61.3. The van der Waals surface area contributed by atoms with Crippen molar-refractivity contribution in [3.05, 3.63) is 311 Å². The Kier molecular flexibility index (Phi) is 13.8. The van der Waals surface area contributed by atoms with Gasteiger partial charge in [0.15, 0.2) is 17.5 Å². The lowest BCUT2D eigenvalue weighted by Gasteiger charge is -2.49. The fraction of sp³-hybridized carbons (Fsp3) is 0.194. The van der Waals surface area contributed by atoms with Gasteiger partial charge < -0.3 is 4.90 Å². The van der Waals surface area contributed by atoms with Crippen LogP contribution in [-0.2, 0) is 32.5 Å². The van der Waals surface area contributed by atoms with Crippen molar-refractivity contribution in [1.29, 1.82) is 0 Å². The van der Waals surface area contributed by atoms with Crippen molar-refractivity contribution in [2.75, 3.05) is 4.90 Å². The average Bonchev–Trinajstić information content (AvgIpc) is 1.22. The van der Waals surface area contributed by atoms with E-state index in [-0.39, 0.29) is 32.5 Å². The van der Waals surface area contributed by atoms with Crippen molar-refractivity contribution in [2.45, 2.75) is 116 Å². The van der Waals surface area contributed by atoms with Crippen molar-refractivity contribution < 1.29 is 0 Å². The van der Waals surface area contributed by atoms with Crippen LogP contribution in [0.3, 0.4) is 0 Å². The molecule has 0 aliphatic heterocycles. The maximum atomic E-state index is 4.93. The van der Waals surface area contributed by atoms with Gasteiger partial charge in [0.25, 0.3) is 0 Å². The van der Waals surface area contributed by atoms with Crippen LogP contribution in [0, 0.1) is 0 Å². The van der Waals surface area contributed by atoms with Gasteiger partial charge >= 0.3 is 0 Å². The van der Waals surface area contributed by atoms with Gasteiger partial charge in [0, 0.05) is 70.2 Å². The number of thiophene rings is 1. The SMILES string of the molecule is CC1(C)c2cc(-c3ccc(-c4nc(-c5ccccc5)nc(-c5ccccc5)n4)cc3)ccc2-c2cc3c(cc21)-c1ccccc1C(C)(C)C3(C)C.CC1(C)c2cc(N(c3ccccc3)c3ccc4sc5ccccc5c4c3)ccc2-c2c1ccc1c2C(C)(C)C(C)(C)c2ccccc2-1. The first-order valence-electron chi connectivity index (χ1n) is 34.7. The molecule has 2 heterocycles. The van der Waals surface area contributed by atoms with Crippen LogP contribution in [0.5, 0.6) is 0 Å². The lowest BCUT2D eigenvalue weighted by atomic mass is 9.54. The van der Waals surface area contributed by atoms with E-state index in [1.807, 2.05) is 72.0 Å². The molecule has 4 aliphatic carbocycles. The topological polar surface area (TPSA) is 41.9 Å². The highest BCUT2D eigenvalue weighted by Crippen LogP contribution is 2.63. The van der Waals surface area contributed by atoms with Crippen LogP contribution >= 0.6 is 11.3 Å². The third-order valence-corrected chi connectivity index (χ3v) is 25.1. The summed E-state index contributed by atoms with van der Waals surface area (Å²) in [5.41, 5.74) is 30.9. The summed E-state index contributed by atoms with van der Waals surface area (Å²) in [5.74, 6) is 2.00. The average molecular weight is 1290 g/mol. The highest BCUT2D eigenvalue weighted by atomic mass is 32.1. The van der Waals surface area contributed by atoms with Crippen molar-refractivity contribution in [3.8, 4) is 89.8 Å². The summed E-state index contributed by atoms with van der Waals surface area (Å²) in [5, 5.41) is 2.64. The molecule has 12 aromatic carbocycles. The summed E-state index contributed by atoms with van der Waals surface area (Å²) < 4.78 is 2.66. The van der Waals surface area contributed by atoms with Crippen molar-refractivity contribution in [2.24, 2.45) is 0 Å². The van der Waals surface area contributed by atoms with E-state index in [4.69, 9.17) is 15.0 Å². The van der Waals surface area contributed by atoms with E-state index < -0.39 is 0 Å². The quantitative estimate of drug-likeness (QED) is 0.159.